The van der Waals surface area contributed by atoms with Crippen LogP contribution in [0.1, 0.15) is 43.7 Å². The summed E-state index contributed by atoms with van der Waals surface area (Å²) in [5, 5.41) is 6.33. The van der Waals surface area contributed by atoms with Gasteiger partial charge in [0, 0.05) is 13.1 Å². The zero-order valence-corrected chi connectivity index (χ0v) is 17.6. The smallest absolute Gasteiger partial charge is 0.192 e. The van der Waals surface area contributed by atoms with Gasteiger partial charge in [-0.3, -0.25) is 4.90 Å². The Morgan fingerprint density at radius 1 is 1.16 bits per heavy atom. The number of rotatable bonds is 6. The van der Waals surface area contributed by atoms with Crippen molar-refractivity contribution >= 4 is 29.9 Å². The number of halogens is 1. The van der Waals surface area contributed by atoms with Crippen LogP contribution < -0.4 is 10.6 Å². The van der Waals surface area contributed by atoms with E-state index in [4.69, 9.17) is 6.42 Å². The standard InChI is InChI=1S/C20H30N4.HI/c1-3-12-22-20(21-4-2)23-16-18-10-9-11-19(15-18)17-24-13-7-5-6-8-14-24;/h1,9-11,15H,4-8,12-14,16-17H2,2H3,(H2,21,22,23);1H. The van der Waals surface area contributed by atoms with Crippen molar-refractivity contribution in [3.05, 3.63) is 35.4 Å². The largest absolute Gasteiger partial charge is 0.357 e. The van der Waals surface area contributed by atoms with E-state index in [1.165, 1.54) is 49.9 Å². The van der Waals surface area contributed by atoms with Crippen LogP contribution >= 0.6 is 24.0 Å². The Morgan fingerprint density at radius 2 is 1.88 bits per heavy atom. The number of hydrogen-bond donors (Lipinski definition) is 2. The Bertz CT molecular complexity index is 557. The fourth-order valence-corrected chi connectivity index (χ4v) is 3.03. The van der Waals surface area contributed by atoms with Gasteiger partial charge in [-0.1, -0.05) is 43.0 Å². The summed E-state index contributed by atoms with van der Waals surface area (Å²) in [6, 6.07) is 8.78. The predicted octanol–water partition coefficient (Wildman–Crippen LogP) is 3.37. The van der Waals surface area contributed by atoms with Gasteiger partial charge in [-0.2, -0.15) is 0 Å². The average molecular weight is 454 g/mol. The highest BCUT2D eigenvalue weighted by Gasteiger charge is 2.09. The number of hydrogen-bond acceptors (Lipinski definition) is 2. The van der Waals surface area contributed by atoms with Gasteiger partial charge in [-0.25, -0.2) is 4.99 Å². The number of guanidine groups is 1. The van der Waals surface area contributed by atoms with Crippen LogP contribution in [-0.2, 0) is 13.1 Å². The molecular formula is C20H31IN4. The van der Waals surface area contributed by atoms with E-state index in [1.54, 1.807) is 0 Å². The molecule has 0 radical (unpaired) electrons. The minimum atomic E-state index is 0. The molecule has 0 aliphatic carbocycles. The second-order valence-corrected chi connectivity index (χ2v) is 6.26. The highest BCUT2D eigenvalue weighted by atomic mass is 127. The zero-order chi connectivity index (χ0) is 17.0. The van der Waals surface area contributed by atoms with Crippen LogP contribution in [-0.4, -0.2) is 37.0 Å². The third-order valence-corrected chi connectivity index (χ3v) is 4.22. The summed E-state index contributed by atoms with van der Waals surface area (Å²) in [5.74, 6) is 3.35. The minimum Gasteiger partial charge on any atom is -0.357 e. The second-order valence-electron chi connectivity index (χ2n) is 6.26. The van der Waals surface area contributed by atoms with Crippen LogP contribution in [0.15, 0.2) is 29.3 Å². The van der Waals surface area contributed by atoms with Crippen molar-refractivity contribution in [1.29, 1.82) is 0 Å². The van der Waals surface area contributed by atoms with Gasteiger partial charge in [0.05, 0.1) is 13.1 Å². The summed E-state index contributed by atoms with van der Waals surface area (Å²) in [5.41, 5.74) is 2.62. The summed E-state index contributed by atoms with van der Waals surface area (Å²) in [7, 11) is 0. The molecule has 1 aliphatic heterocycles. The Hall–Kier alpha value is -1.26. The molecule has 2 N–H and O–H groups in total. The van der Waals surface area contributed by atoms with E-state index in [-0.39, 0.29) is 24.0 Å². The molecule has 1 heterocycles. The van der Waals surface area contributed by atoms with Gasteiger partial charge in [0.15, 0.2) is 5.96 Å². The third-order valence-electron chi connectivity index (χ3n) is 4.22. The number of terminal acetylenes is 1. The first-order chi connectivity index (χ1) is 11.8. The molecule has 1 fully saturated rings. The lowest BCUT2D eigenvalue weighted by Gasteiger charge is -2.20. The average Bonchev–Trinajstić information content (AvgIpc) is 2.86. The molecule has 0 spiro atoms. The van der Waals surface area contributed by atoms with Crippen molar-refractivity contribution in [2.24, 2.45) is 4.99 Å². The van der Waals surface area contributed by atoms with Crippen molar-refractivity contribution in [2.45, 2.75) is 45.7 Å². The van der Waals surface area contributed by atoms with E-state index in [0.29, 0.717) is 13.1 Å². The number of benzene rings is 1. The normalized spacial score (nSPS) is 15.6. The molecule has 4 nitrogen and oxygen atoms in total. The monoisotopic (exact) mass is 454 g/mol. The van der Waals surface area contributed by atoms with Crippen LogP contribution in [0.4, 0.5) is 0 Å². The van der Waals surface area contributed by atoms with Crippen LogP contribution in [0.3, 0.4) is 0 Å². The molecule has 1 aliphatic rings. The maximum absolute atomic E-state index is 5.30. The van der Waals surface area contributed by atoms with E-state index in [2.05, 4.69) is 57.6 Å². The Morgan fingerprint density at radius 3 is 2.56 bits per heavy atom. The van der Waals surface area contributed by atoms with Crippen molar-refractivity contribution in [2.75, 3.05) is 26.2 Å². The molecular weight excluding hydrogens is 423 g/mol. The summed E-state index contributed by atoms with van der Waals surface area (Å²) in [6.07, 6.45) is 10.7. The van der Waals surface area contributed by atoms with Gasteiger partial charge in [0.2, 0.25) is 0 Å². The van der Waals surface area contributed by atoms with Gasteiger partial charge in [-0.15, -0.1) is 30.4 Å². The maximum Gasteiger partial charge on any atom is 0.192 e. The molecule has 0 unspecified atom stereocenters. The Balaban J connectivity index is 0.00000312. The van der Waals surface area contributed by atoms with Crippen LogP contribution in [0.5, 0.6) is 0 Å². The fraction of sp³-hybridized carbons (Fsp3) is 0.550. The lowest BCUT2D eigenvalue weighted by atomic mass is 10.1. The molecule has 1 saturated heterocycles. The fourth-order valence-electron chi connectivity index (χ4n) is 3.03. The molecule has 0 atom stereocenters. The van der Waals surface area contributed by atoms with Crippen molar-refractivity contribution in [1.82, 2.24) is 15.5 Å². The Kier molecular flexibility index (Phi) is 11.3. The maximum atomic E-state index is 5.30. The quantitative estimate of drug-likeness (QED) is 0.300. The first-order valence-electron chi connectivity index (χ1n) is 9.07. The summed E-state index contributed by atoms with van der Waals surface area (Å²) >= 11 is 0. The lowest BCUT2D eigenvalue weighted by Crippen LogP contribution is -2.37. The van der Waals surface area contributed by atoms with Crippen molar-refractivity contribution < 1.29 is 0 Å². The van der Waals surface area contributed by atoms with E-state index in [0.717, 1.165) is 19.0 Å². The number of nitrogens with zero attached hydrogens (tertiary/aromatic N) is 2. The summed E-state index contributed by atoms with van der Waals surface area (Å²) < 4.78 is 0. The first kappa shape index (κ1) is 21.8. The highest BCUT2D eigenvalue weighted by molar-refractivity contribution is 14.0. The molecule has 138 valence electrons. The minimum absolute atomic E-state index is 0. The zero-order valence-electron chi connectivity index (χ0n) is 15.3. The van der Waals surface area contributed by atoms with Crippen molar-refractivity contribution in [3.8, 4) is 12.3 Å². The summed E-state index contributed by atoms with van der Waals surface area (Å²) in [4.78, 5) is 7.19. The summed E-state index contributed by atoms with van der Waals surface area (Å²) in [6.45, 7) is 7.52. The molecule has 1 aromatic rings. The van der Waals surface area contributed by atoms with E-state index in [9.17, 15) is 0 Å². The van der Waals surface area contributed by atoms with Crippen LogP contribution in [0.2, 0.25) is 0 Å². The van der Waals surface area contributed by atoms with Gasteiger partial charge in [0.1, 0.15) is 0 Å². The molecule has 0 amide bonds. The third kappa shape index (κ3) is 8.59. The SMILES string of the molecule is C#CCNC(=NCc1cccc(CN2CCCCCC2)c1)NCC.I. The highest BCUT2D eigenvalue weighted by Crippen LogP contribution is 2.14. The van der Waals surface area contributed by atoms with E-state index >= 15 is 0 Å². The molecule has 25 heavy (non-hydrogen) atoms. The van der Waals surface area contributed by atoms with Gasteiger partial charge in [0.25, 0.3) is 0 Å². The predicted molar refractivity (Wildman–Crippen MR) is 117 cm³/mol. The number of likely N-dealkylation sites (tertiary alicyclic amines) is 1. The second kappa shape index (κ2) is 13.0. The molecule has 1 aromatic carbocycles. The van der Waals surface area contributed by atoms with E-state index < -0.39 is 0 Å². The van der Waals surface area contributed by atoms with Gasteiger partial charge < -0.3 is 10.6 Å². The first-order valence-corrected chi connectivity index (χ1v) is 9.07. The molecule has 0 saturated carbocycles. The number of nitrogens with one attached hydrogen (secondary N) is 2. The van der Waals surface area contributed by atoms with E-state index in [1.807, 2.05) is 0 Å². The van der Waals surface area contributed by atoms with Crippen molar-refractivity contribution in [3.63, 3.8) is 0 Å². The molecule has 0 aromatic heterocycles. The molecule has 2 rings (SSSR count). The number of aliphatic imine (C=N–C) groups is 1. The van der Waals surface area contributed by atoms with Crippen LogP contribution in [0, 0.1) is 12.3 Å². The molecule has 0 bridgehead atoms. The molecule has 5 heteroatoms. The van der Waals surface area contributed by atoms with Crippen LogP contribution in [0.25, 0.3) is 0 Å². The topological polar surface area (TPSA) is 39.7 Å². The Labute approximate surface area is 169 Å². The van der Waals surface area contributed by atoms with Gasteiger partial charge in [-0.05, 0) is 44.0 Å². The lowest BCUT2D eigenvalue weighted by molar-refractivity contribution is 0.277. The van der Waals surface area contributed by atoms with Gasteiger partial charge >= 0.3 is 0 Å².